The predicted molar refractivity (Wildman–Crippen MR) is 59.4 cm³/mol. The third kappa shape index (κ3) is 2.94. The van der Waals surface area contributed by atoms with E-state index < -0.39 is 0 Å². The van der Waals surface area contributed by atoms with E-state index in [0.29, 0.717) is 24.8 Å². The molecule has 90 valence electrons. The monoisotopic (exact) mass is 235 g/mol. The van der Waals surface area contributed by atoms with Gasteiger partial charge >= 0.3 is 0 Å². The van der Waals surface area contributed by atoms with Gasteiger partial charge in [0.15, 0.2) is 17.3 Å². The summed E-state index contributed by atoms with van der Waals surface area (Å²) in [5.74, 6) is 0.869. The molecule has 2 rings (SSSR count). The highest BCUT2D eigenvalue weighted by atomic mass is 16.5. The Hall–Kier alpha value is -2.08. The van der Waals surface area contributed by atoms with Gasteiger partial charge in [-0.05, 0) is 24.6 Å². The lowest BCUT2D eigenvalue weighted by Gasteiger charge is -2.03. The highest BCUT2D eigenvalue weighted by Gasteiger charge is 2.03. The molecule has 0 atom stereocenters. The molecular formula is C11H13N3O3. The largest absolute Gasteiger partial charge is 0.504 e. The Morgan fingerprint density at radius 3 is 2.71 bits per heavy atom. The molecule has 0 radical (unpaired) electrons. The van der Waals surface area contributed by atoms with E-state index in [-0.39, 0.29) is 11.5 Å². The molecule has 0 amide bonds. The van der Waals surface area contributed by atoms with Crippen LogP contribution in [0.15, 0.2) is 22.7 Å². The normalized spacial score (nSPS) is 10.6. The van der Waals surface area contributed by atoms with Crippen LogP contribution >= 0.6 is 0 Å². The number of nitrogens with zero attached hydrogens (tertiary/aromatic N) is 2. The highest BCUT2D eigenvalue weighted by molar-refractivity contribution is 5.40. The Morgan fingerprint density at radius 2 is 2.06 bits per heavy atom. The summed E-state index contributed by atoms with van der Waals surface area (Å²) in [5, 5.41) is 25.2. The Balaban J connectivity index is 1.87. The number of phenolic OH excluding ortho intramolecular Hbond substituents is 2. The number of benzene rings is 1. The number of aromatic nitrogens is 2. The van der Waals surface area contributed by atoms with Crippen molar-refractivity contribution < 1.29 is 14.7 Å². The Morgan fingerprint density at radius 1 is 1.24 bits per heavy atom. The average molecular weight is 235 g/mol. The molecule has 0 spiro atoms. The van der Waals surface area contributed by atoms with Crippen molar-refractivity contribution in [2.45, 2.75) is 20.0 Å². The fraction of sp³-hybridized carbons (Fsp3) is 0.273. The van der Waals surface area contributed by atoms with Gasteiger partial charge in [-0.15, -0.1) is 0 Å². The number of hydrogen-bond acceptors (Lipinski definition) is 6. The summed E-state index contributed by atoms with van der Waals surface area (Å²) in [4.78, 5) is 4.04. The summed E-state index contributed by atoms with van der Waals surface area (Å²) in [5.41, 5.74) is 0.858. The fourth-order valence-corrected chi connectivity index (χ4v) is 1.40. The highest BCUT2D eigenvalue weighted by Crippen LogP contribution is 2.24. The first kappa shape index (κ1) is 11.4. The number of phenols is 2. The SMILES string of the molecule is Cc1noc(CNCc2ccc(O)c(O)c2)n1. The van der Waals surface area contributed by atoms with Gasteiger partial charge in [-0.2, -0.15) is 4.98 Å². The Kier molecular flexibility index (Phi) is 3.24. The molecule has 0 aliphatic heterocycles. The molecule has 0 saturated carbocycles. The fourth-order valence-electron chi connectivity index (χ4n) is 1.40. The van der Waals surface area contributed by atoms with E-state index in [9.17, 15) is 5.11 Å². The van der Waals surface area contributed by atoms with Crippen LogP contribution in [0.5, 0.6) is 11.5 Å². The summed E-state index contributed by atoms with van der Waals surface area (Å²) in [6, 6.07) is 4.67. The van der Waals surface area contributed by atoms with E-state index in [4.69, 9.17) is 9.63 Å². The van der Waals surface area contributed by atoms with Crippen molar-refractivity contribution >= 4 is 0 Å². The maximum Gasteiger partial charge on any atom is 0.240 e. The zero-order valence-electron chi connectivity index (χ0n) is 9.34. The van der Waals surface area contributed by atoms with Crippen LogP contribution in [0.2, 0.25) is 0 Å². The maximum atomic E-state index is 9.30. The number of rotatable bonds is 4. The molecule has 1 aromatic heterocycles. The van der Waals surface area contributed by atoms with Crippen LogP contribution < -0.4 is 5.32 Å². The zero-order chi connectivity index (χ0) is 12.3. The van der Waals surface area contributed by atoms with Crippen LogP contribution in [0.1, 0.15) is 17.3 Å². The molecule has 6 heteroatoms. The number of aryl methyl sites for hydroxylation is 1. The van der Waals surface area contributed by atoms with Gasteiger partial charge in [0.2, 0.25) is 5.89 Å². The maximum absolute atomic E-state index is 9.30. The molecule has 6 nitrogen and oxygen atoms in total. The molecule has 0 saturated heterocycles. The third-order valence-corrected chi connectivity index (χ3v) is 2.21. The van der Waals surface area contributed by atoms with E-state index in [1.54, 1.807) is 13.0 Å². The first-order valence-corrected chi connectivity index (χ1v) is 5.16. The smallest absolute Gasteiger partial charge is 0.240 e. The van der Waals surface area contributed by atoms with Crippen LogP contribution in [-0.4, -0.2) is 20.4 Å². The van der Waals surface area contributed by atoms with Crippen LogP contribution in [0.4, 0.5) is 0 Å². The van der Waals surface area contributed by atoms with Crippen molar-refractivity contribution in [2.75, 3.05) is 0 Å². The molecule has 0 fully saturated rings. The van der Waals surface area contributed by atoms with Gasteiger partial charge in [-0.3, -0.25) is 0 Å². The van der Waals surface area contributed by atoms with Gasteiger partial charge in [0, 0.05) is 6.54 Å². The molecule has 0 bridgehead atoms. The molecule has 0 aliphatic rings. The number of hydrogen-bond donors (Lipinski definition) is 3. The van der Waals surface area contributed by atoms with Gasteiger partial charge in [0.1, 0.15) is 0 Å². The van der Waals surface area contributed by atoms with E-state index in [1.807, 2.05) is 0 Å². The minimum Gasteiger partial charge on any atom is -0.504 e. The van der Waals surface area contributed by atoms with E-state index in [1.165, 1.54) is 12.1 Å². The van der Waals surface area contributed by atoms with Crippen LogP contribution in [0.25, 0.3) is 0 Å². The van der Waals surface area contributed by atoms with Crippen molar-refractivity contribution in [3.63, 3.8) is 0 Å². The Labute approximate surface area is 97.9 Å². The molecule has 0 aliphatic carbocycles. The summed E-state index contributed by atoms with van der Waals surface area (Å²) < 4.78 is 4.93. The Bertz CT molecular complexity index is 510. The van der Waals surface area contributed by atoms with Crippen molar-refractivity contribution in [1.82, 2.24) is 15.5 Å². The molecule has 17 heavy (non-hydrogen) atoms. The zero-order valence-corrected chi connectivity index (χ0v) is 9.34. The van der Waals surface area contributed by atoms with Gasteiger partial charge < -0.3 is 20.1 Å². The van der Waals surface area contributed by atoms with Gasteiger partial charge in [0.05, 0.1) is 6.54 Å². The van der Waals surface area contributed by atoms with Crippen molar-refractivity contribution in [3.8, 4) is 11.5 Å². The van der Waals surface area contributed by atoms with Crippen molar-refractivity contribution in [2.24, 2.45) is 0 Å². The number of aromatic hydroxyl groups is 2. The number of nitrogens with one attached hydrogen (secondary N) is 1. The third-order valence-electron chi connectivity index (χ3n) is 2.21. The van der Waals surface area contributed by atoms with Crippen LogP contribution in [0.3, 0.4) is 0 Å². The molecule has 2 aromatic rings. The topological polar surface area (TPSA) is 91.4 Å². The molecule has 3 N–H and O–H groups in total. The standard InChI is InChI=1S/C11H13N3O3/c1-7-13-11(17-14-7)6-12-5-8-2-3-9(15)10(16)4-8/h2-4,12,15-16H,5-6H2,1H3. The lowest BCUT2D eigenvalue weighted by atomic mass is 10.2. The van der Waals surface area contributed by atoms with Crippen LogP contribution in [0, 0.1) is 6.92 Å². The van der Waals surface area contributed by atoms with Gasteiger partial charge in [0.25, 0.3) is 0 Å². The second kappa shape index (κ2) is 4.84. The van der Waals surface area contributed by atoms with E-state index in [2.05, 4.69) is 15.5 Å². The van der Waals surface area contributed by atoms with E-state index in [0.717, 1.165) is 5.56 Å². The summed E-state index contributed by atoms with van der Waals surface area (Å²) in [6.45, 7) is 2.75. The second-order valence-electron chi connectivity index (χ2n) is 3.66. The van der Waals surface area contributed by atoms with Crippen molar-refractivity contribution in [1.29, 1.82) is 0 Å². The molecule has 1 aromatic carbocycles. The molecule has 0 unspecified atom stereocenters. The van der Waals surface area contributed by atoms with E-state index >= 15 is 0 Å². The van der Waals surface area contributed by atoms with Gasteiger partial charge in [-0.1, -0.05) is 11.2 Å². The minimum atomic E-state index is -0.127. The predicted octanol–water partition coefficient (Wildman–Crippen LogP) is 1.08. The average Bonchev–Trinajstić information content (AvgIpc) is 2.70. The lowest BCUT2D eigenvalue weighted by molar-refractivity contribution is 0.364. The summed E-state index contributed by atoms with van der Waals surface area (Å²) >= 11 is 0. The molecule has 1 heterocycles. The summed E-state index contributed by atoms with van der Waals surface area (Å²) in [7, 11) is 0. The van der Waals surface area contributed by atoms with Crippen molar-refractivity contribution in [3.05, 3.63) is 35.5 Å². The summed E-state index contributed by atoms with van der Waals surface area (Å²) in [6.07, 6.45) is 0. The first-order valence-electron chi connectivity index (χ1n) is 5.16. The quantitative estimate of drug-likeness (QED) is 0.687. The second-order valence-corrected chi connectivity index (χ2v) is 3.66. The van der Waals surface area contributed by atoms with Crippen LogP contribution in [-0.2, 0) is 13.1 Å². The lowest BCUT2D eigenvalue weighted by Crippen LogP contribution is -2.12. The minimum absolute atomic E-state index is 0.124. The first-order chi connectivity index (χ1) is 8.15. The molecular weight excluding hydrogens is 222 g/mol. The van der Waals surface area contributed by atoms with Gasteiger partial charge in [-0.25, -0.2) is 0 Å².